The molecule has 6 nitrogen and oxygen atoms in total. The van der Waals surface area contributed by atoms with Crippen LogP contribution in [0.15, 0.2) is 30.3 Å². The molecule has 2 fully saturated rings. The van der Waals surface area contributed by atoms with Gasteiger partial charge in [0.2, 0.25) is 11.8 Å². The highest BCUT2D eigenvalue weighted by molar-refractivity contribution is 5.90. The zero-order valence-corrected chi connectivity index (χ0v) is 15.3. The van der Waals surface area contributed by atoms with Gasteiger partial charge in [-0.3, -0.25) is 14.4 Å². The lowest BCUT2D eigenvalue weighted by Gasteiger charge is -2.38. The van der Waals surface area contributed by atoms with E-state index in [1.165, 1.54) is 0 Å². The van der Waals surface area contributed by atoms with Gasteiger partial charge in [0, 0.05) is 25.6 Å². The van der Waals surface area contributed by atoms with Crippen LogP contribution >= 0.6 is 0 Å². The van der Waals surface area contributed by atoms with E-state index in [9.17, 15) is 19.5 Å². The van der Waals surface area contributed by atoms with E-state index in [-0.39, 0.29) is 36.2 Å². The van der Waals surface area contributed by atoms with Crippen molar-refractivity contribution in [2.24, 2.45) is 11.8 Å². The van der Waals surface area contributed by atoms with Gasteiger partial charge in [0.25, 0.3) is 0 Å². The number of hydrogen-bond donors (Lipinski definition) is 1. The van der Waals surface area contributed by atoms with Gasteiger partial charge < -0.3 is 14.9 Å². The van der Waals surface area contributed by atoms with Crippen molar-refractivity contribution in [2.45, 2.75) is 45.2 Å². The summed E-state index contributed by atoms with van der Waals surface area (Å²) in [5, 5.41) is 9.36. The first-order valence-corrected chi connectivity index (χ1v) is 9.28. The Morgan fingerprint density at radius 2 is 1.92 bits per heavy atom. The molecule has 3 rings (SSSR count). The first kappa shape index (κ1) is 18.4. The third-order valence-electron chi connectivity index (χ3n) is 5.85. The van der Waals surface area contributed by atoms with Gasteiger partial charge >= 0.3 is 5.97 Å². The SMILES string of the molecule is CC(c1ccccc1)N1CC(C(=O)N2CCC[C@H](C(=O)O)[C@@H]2C)CC1=O. The van der Waals surface area contributed by atoms with E-state index in [0.29, 0.717) is 25.9 Å². The van der Waals surface area contributed by atoms with Crippen LogP contribution in [-0.2, 0) is 14.4 Å². The second-order valence-corrected chi connectivity index (χ2v) is 7.39. The van der Waals surface area contributed by atoms with Gasteiger partial charge in [0.15, 0.2) is 0 Å². The van der Waals surface area contributed by atoms with Crippen molar-refractivity contribution in [3.8, 4) is 0 Å². The van der Waals surface area contributed by atoms with Gasteiger partial charge in [-0.1, -0.05) is 30.3 Å². The van der Waals surface area contributed by atoms with Crippen molar-refractivity contribution in [1.82, 2.24) is 9.80 Å². The number of amides is 2. The Kier molecular flexibility index (Phi) is 5.30. The van der Waals surface area contributed by atoms with Crippen molar-refractivity contribution < 1.29 is 19.5 Å². The average molecular weight is 358 g/mol. The molecule has 1 aromatic rings. The summed E-state index contributed by atoms with van der Waals surface area (Å²) in [7, 11) is 0. The Bertz CT molecular complexity index is 690. The number of carboxylic acids is 1. The normalized spacial score (nSPS) is 27.5. The minimum Gasteiger partial charge on any atom is -0.481 e. The molecule has 0 spiro atoms. The lowest BCUT2D eigenvalue weighted by molar-refractivity contribution is -0.150. The standard InChI is InChI=1S/C20H26N2O4/c1-13(15-7-4-3-5-8-15)22-12-16(11-18(22)23)19(24)21-10-6-9-17(14(21)2)20(25)26/h3-5,7-8,13-14,16-17H,6,9-12H2,1-2H3,(H,25,26)/t13?,14-,16?,17-/m0/s1. The molecular formula is C20H26N2O4. The fraction of sp³-hybridized carbons (Fsp3) is 0.550. The maximum absolute atomic E-state index is 13.0. The average Bonchev–Trinajstić information content (AvgIpc) is 3.03. The molecule has 2 unspecified atom stereocenters. The molecule has 1 N–H and O–H groups in total. The summed E-state index contributed by atoms with van der Waals surface area (Å²) in [6.07, 6.45) is 1.50. The van der Waals surface area contributed by atoms with Crippen molar-refractivity contribution in [1.29, 1.82) is 0 Å². The lowest BCUT2D eigenvalue weighted by atomic mass is 9.89. The minimum absolute atomic E-state index is 0.0147. The van der Waals surface area contributed by atoms with E-state index in [2.05, 4.69) is 0 Å². The molecule has 4 atom stereocenters. The lowest BCUT2D eigenvalue weighted by Crippen LogP contribution is -2.51. The molecule has 1 aromatic carbocycles. The van der Waals surface area contributed by atoms with Crippen molar-refractivity contribution >= 4 is 17.8 Å². The predicted octanol–water partition coefficient (Wildman–Crippen LogP) is 2.31. The highest BCUT2D eigenvalue weighted by atomic mass is 16.4. The van der Waals surface area contributed by atoms with Crippen LogP contribution in [0.1, 0.15) is 44.7 Å². The van der Waals surface area contributed by atoms with Crippen LogP contribution in [0.5, 0.6) is 0 Å². The molecular weight excluding hydrogens is 332 g/mol. The number of hydrogen-bond acceptors (Lipinski definition) is 3. The van der Waals surface area contributed by atoms with Gasteiger partial charge in [-0.25, -0.2) is 0 Å². The molecule has 2 aliphatic heterocycles. The number of rotatable bonds is 4. The van der Waals surface area contributed by atoms with Crippen LogP contribution in [0.3, 0.4) is 0 Å². The van der Waals surface area contributed by atoms with Gasteiger partial charge in [-0.05, 0) is 32.3 Å². The second kappa shape index (κ2) is 7.48. The Balaban J connectivity index is 1.70. The topological polar surface area (TPSA) is 77.9 Å². The molecule has 2 aliphatic rings. The van der Waals surface area contributed by atoms with Gasteiger partial charge in [-0.15, -0.1) is 0 Å². The number of benzene rings is 1. The maximum atomic E-state index is 13.0. The quantitative estimate of drug-likeness (QED) is 0.896. The summed E-state index contributed by atoms with van der Waals surface area (Å²) in [4.78, 5) is 40.3. The molecule has 140 valence electrons. The number of carbonyl (C=O) groups excluding carboxylic acids is 2. The third-order valence-corrected chi connectivity index (χ3v) is 5.85. The monoisotopic (exact) mass is 358 g/mol. The summed E-state index contributed by atoms with van der Waals surface area (Å²) in [5.41, 5.74) is 1.05. The van der Waals surface area contributed by atoms with E-state index in [1.54, 1.807) is 16.7 Å². The van der Waals surface area contributed by atoms with Crippen molar-refractivity contribution in [2.75, 3.05) is 13.1 Å². The van der Waals surface area contributed by atoms with Gasteiger partial charge in [0.1, 0.15) is 0 Å². The van der Waals surface area contributed by atoms with E-state index in [0.717, 1.165) is 5.56 Å². The molecule has 0 aromatic heterocycles. The fourth-order valence-electron chi connectivity index (χ4n) is 4.20. The number of carbonyl (C=O) groups is 3. The fourth-order valence-corrected chi connectivity index (χ4v) is 4.20. The molecule has 2 heterocycles. The Hall–Kier alpha value is -2.37. The summed E-state index contributed by atoms with van der Waals surface area (Å²) in [6, 6.07) is 9.38. The number of nitrogens with zero attached hydrogens (tertiary/aromatic N) is 2. The number of aliphatic carboxylic acids is 1. The maximum Gasteiger partial charge on any atom is 0.308 e. The van der Waals surface area contributed by atoms with E-state index < -0.39 is 11.9 Å². The highest BCUT2D eigenvalue weighted by Gasteiger charge is 2.42. The summed E-state index contributed by atoms with van der Waals surface area (Å²) in [6.45, 7) is 4.75. The van der Waals surface area contributed by atoms with E-state index in [4.69, 9.17) is 0 Å². The molecule has 0 saturated carbocycles. The first-order chi connectivity index (χ1) is 12.4. The van der Waals surface area contributed by atoms with Crippen LogP contribution in [0.2, 0.25) is 0 Å². The minimum atomic E-state index is -0.850. The van der Waals surface area contributed by atoms with E-state index in [1.807, 2.05) is 37.3 Å². The molecule has 0 bridgehead atoms. The molecule has 6 heteroatoms. The van der Waals surface area contributed by atoms with Crippen LogP contribution < -0.4 is 0 Å². The van der Waals surface area contributed by atoms with Crippen molar-refractivity contribution in [3.63, 3.8) is 0 Å². The zero-order valence-electron chi connectivity index (χ0n) is 15.3. The second-order valence-electron chi connectivity index (χ2n) is 7.39. The van der Waals surface area contributed by atoms with Crippen LogP contribution in [0.4, 0.5) is 0 Å². The first-order valence-electron chi connectivity index (χ1n) is 9.28. The number of piperidine rings is 1. The molecule has 2 saturated heterocycles. The Labute approximate surface area is 153 Å². The molecule has 2 amide bonds. The van der Waals surface area contributed by atoms with E-state index >= 15 is 0 Å². The van der Waals surface area contributed by atoms with Crippen molar-refractivity contribution in [3.05, 3.63) is 35.9 Å². The van der Waals surface area contributed by atoms with Crippen LogP contribution in [0, 0.1) is 11.8 Å². The highest BCUT2D eigenvalue weighted by Crippen LogP contribution is 2.32. The number of carboxylic acid groups (broad SMARTS) is 1. The Morgan fingerprint density at radius 1 is 1.23 bits per heavy atom. The summed E-state index contributed by atoms with van der Waals surface area (Å²) < 4.78 is 0. The predicted molar refractivity (Wildman–Crippen MR) is 96.2 cm³/mol. The summed E-state index contributed by atoms with van der Waals surface area (Å²) >= 11 is 0. The van der Waals surface area contributed by atoms with Crippen LogP contribution in [-0.4, -0.2) is 51.8 Å². The largest absolute Gasteiger partial charge is 0.481 e. The van der Waals surface area contributed by atoms with Gasteiger partial charge in [-0.2, -0.15) is 0 Å². The molecule has 0 radical (unpaired) electrons. The molecule has 26 heavy (non-hydrogen) atoms. The third kappa shape index (κ3) is 3.45. The number of likely N-dealkylation sites (tertiary alicyclic amines) is 2. The molecule has 0 aliphatic carbocycles. The van der Waals surface area contributed by atoms with Gasteiger partial charge in [0.05, 0.1) is 17.9 Å². The zero-order chi connectivity index (χ0) is 18.8. The smallest absolute Gasteiger partial charge is 0.308 e. The summed E-state index contributed by atoms with van der Waals surface area (Å²) in [5.74, 6) is -1.86. The Morgan fingerprint density at radius 3 is 2.58 bits per heavy atom. The van der Waals surface area contributed by atoms with Crippen LogP contribution in [0.25, 0.3) is 0 Å².